The molecule has 1 N–H and O–H groups in total. The molecule has 0 aliphatic heterocycles. The van der Waals surface area contributed by atoms with Crippen molar-refractivity contribution in [2.75, 3.05) is 0 Å². The van der Waals surface area contributed by atoms with E-state index in [0.29, 0.717) is 5.33 Å². The molecule has 0 aliphatic carbocycles. The van der Waals surface area contributed by atoms with Crippen LogP contribution in [0.2, 0.25) is 0 Å². The number of alkyl halides is 1. The van der Waals surface area contributed by atoms with Crippen LogP contribution in [-0.2, 0) is 5.33 Å². The van der Waals surface area contributed by atoms with Crippen molar-refractivity contribution in [2.24, 2.45) is 0 Å². The summed E-state index contributed by atoms with van der Waals surface area (Å²) in [7, 11) is 0. The van der Waals surface area contributed by atoms with Crippen LogP contribution in [0.4, 0.5) is 0 Å². The van der Waals surface area contributed by atoms with Gasteiger partial charge in [-0.3, -0.25) is 4.79 Å². The summed E-state index contributed by atoms with van der Waals surface area (Å²) < 4.78 is 0. The standard InChI is InChI=1S/C12H10BrNO/c13-7-10-6-11(8-14-12(10)15)9-4-2-1-3-5-9/h1-6,8H,7H2,(H,14,15). The highest BCUT2D eigenvalue weighted by Gasteiger charge is 2.01. The van der Waals surface area contributed by atoms with E-state index in [1.54, 1.807) is 6.20 Å². The molecule has 0 saturated carbocycles. The minimum absolute atomic E-state index is 0.0356. The van der Waals surface area contributed by atoms with E-state index in [1.807, 2.05) is 36.4 Å². The summed E-state index contributed by atoms with van der Waals surface area (Å²) in [5, 5.41) is 0.572. The van der Waals surface area contributed by atoms with Crippen molar-refractivity contribution < 1.29 is 0 Å². The Morgan fingerprint density at radius 3 is 2.53 bits per heavy atom. The molecule has 0 fully saturated rings. The molecule has 0 spiro atoms. The lowest BCUT2D eigenvalue weighted by Gasteiger charge is -2.02. The van der Waals surface area contributed by atoms with Crippen LogP contribution in [0.25, 0.3) is 11.1 Å². The van der Waals surface area contributed by atoms with Crippen LogP contribution < -0.4 is 5.56 Å². The van der Waals surface area contributed by atoms with Gasteiger partial charge in [-0.2, -0.15) is 0 Å². The highest BCUT2D eigenvalue weighted by atomic mass is 79.9. The number of aromatic nitrogens is 1. The molecule has 15 heavy (non-hydrogen) atoms. The van der Waals surface area contributed by atoms with Gasteiger partial charge in [0.2, 0.25) is 0 Å². The summed E-state index contributed by atoms with van der Waals surface area (Å²) in [6.07, 6.45) is 1.74. The van der Waals surface area contributed by atoms with E-state index in [2.05, 4.69) is 20.9 Å². The minimum Gasteiger partial charge on any atom is -0.328 e. The SMILES string of the molecule is O=c1[nH]cc(-c2ccccc2)cc1CBr. The number of nitrogens with one attached hydrogen (secondary N) is 1. The first-order chi connectivity index (χ1) is 7.31. The van der Waals surface area contributed by atoms with Crippen LogP contribution in [0, 0.1) is 0 Å². The quantitative estimate of drug-likeness (QED) is 0.831. The van der Waals surface area contributed by atoms with Crippen LogP contribution in [-0.4, -0.2) is 4.98 Å². The van der Waals surface area contributed by atoms with Crippen molar-refractivity contribution in [2.45, 2.75) is 5.33 Å². The van der Waals surface area contributed by atoms with Crippen molar-refractivity contribution in [3.05, 3.63) is 58.5 Å². The van der Waals surface area contributed by atoms with Crippen LogP contribution in [0.1, 0.15) is 5.56 Å². The Kier molecular flexibility index (Phi) is 3.02. The molecule has 2 rings (SSSR count). The first-order valence-electron chi connectivity index (χ1n) is 4.64. The Labute approximate surface area is 96.1 Å². The summed E-state index contributed by atoms with van der Waals surface area (Å²) in [5.41, 5.74) is 2.85. The first-order valence-corrected chi connectivity index (χ1v) is 5.76. The lowest BCUT2D eigenvalue weighted by atomic mass is 10.1. The summed E-state index contributed by atoms with van der Waals surface area (Å²) in [6.45, 7) is 0. The lowest BCUT2D eigenvalue weighted by Crippen LogP contribution is -2.09. The summed E-state index contributed by atoms with van der Waals surface area (Å²) in [5.74, 6) is 0. The molecule has 0 saturated heterocycles. The predicted octanol–water partition coefficient (Wildman–Crippen LogP) is 2.94. The zero-order chi connectivity index (χ0) is 10.7. The topological polar surface area (TPSA) is 32.9 Å². The van der Waals surface area contributed by atoms with Crippen molar-refractivity contribution in [1.29, 1.82) is 0 Å². The second-order valence-electron chi connectivity index (χ2n) is 3.24. The molecule has 0 aliphatic rings. The number of aromatic amines is 1. The van der Waals surface area contributed by atoms with Gasteiger partial charge in [-0.15, -0.1) is 0 Å². The molecule has 0 atom stereocenters. The molecule has 2 aromatic rings. The minimum atomic E-state index is -0.0356. The number of pyridine rings is 1. The molecule has 0 unspecified atom stereocenters. The van der Waals surface area contributed by atoms with E-state index in [-0.39, 0.29) is 5.56 Å². The molecule has 1 aromatic carbocycles. The molecule has 3 heteroatoms. The van der Waals surface area contributed by atoms with Gasteiger partial charge in [0.1, 0.15) is 0 Å². The predicted molar refractivity (Wildman–Crippen MR) is 65.1 cm³/mol. The second kappa shape index (κ2) is 4.45. The fourth-order valence-corrected chi connectivity index (χ4v) is 1.84. The molecule has 2 nitrogen and oxygen atoms in total. The Morgan fingerprint density at radius 2 is 1.87 bits per heavy atom. The Bertz CT molecular complexity index is 505. The first kappa shape index (κ1) is 10.2. The maximum Gasteiger partial charge on any atom is 0.252 e. The van der Waals surface area contributed by atoms with Gasteiger partial charge in [0.05, 0.1) is 0 Å². The Morgan fingerprint density at radius 1 is 1.13 bits per heavy atom. The van der Waals surface area contributed by atoms with Gasteiger partial charge in [-0.05, 0) is 17.2 Å². The van der Waals surface area contributed by atoms with Crippen molar-refractivity contribution >= 4 is 15.9 Å². The van der Waals surface area contributed by atoms with E-state index in [1.165, 1.54) is 0 Å². The number of hydrogen-bond donors (Lipinski definition) is 1. The Hall–Kier alpha value is -1.35. The third kappa shape index (κ3) is 2.18. The highest BCUT2D eigenvalue weighted by Crippen LogP contribution is 2.18. The monoisotopic (exact) mass is 263 g/mol. The normalized spacial score (nSPS) is 10.2. The number of H-pyrrole nitrogens is 1. The molecule has 1 heterocycles. The van der Waals surface area contributed by atoms with Crippen molar-refractivity contribution in [1.82, 2.24) is 4.98 Å². The molecular formula is C12H10BrNO. The fourth-order valence-electron chi connectivity index (χ4n) is 1.43. The van der Waals surface area contributed by atoms with Crippen LogP contribution in [0.5, 0.6) is 0 Å². The molecule has 1 aromatic heterocycles. The maximum atomic E-state index is 11.3. The van der Waals surface area contributed by atoms with Gasteiger partial charge >= 0.3 is 0 Å². The second-order valence-corrected chi connectivity index (χ2v) is 3.80. The zero-order valence-electron chi connectivity index (χ0n) is 8.03. The average molecular weight is 264 g/mol. The molecular weight excluding hydrogens is 254 g/mol. The van der Waals surface area contributed by atoms with Crippen LogP contribution >= 0.6 is 15.9 Å². The van der Waals surface area contributed by atoms with Gasteiger partial charge in [0.25, 0.3) is 5.56 Å². The third-order valence-electron chi connectivity index (χ3n) is 2.23. The van der Waals surface area contributed by atoms with Crippen molar-refractivity contribution in [3.8, 4) is 11.1 Å². The van der Waals surface area contributed by atoms with Gasteiger partial charge < -0.3 is 4.98 Å². The smallest absolute Gasteiger partial charge is 0.252 e. The highest BCUT2D eigenvalue weighted by molar-refractivity contribution is 9.08. The van der Waals surface area contributed by atoms with Gasteiger partial charge in [0, 0.05) is 17.1 Å². The number of rotatable bonds is 2. The molecule has 0 amide bonds. The van der Waals surface area contributed by atoms with Crippen molar-refractivity contribution in [3.63, 3.8) is 0 Å². The van der Waals surface area contributed by atoms with Gasteiger partial charge in [-0.25, -0.2) is 0 Å². The van der Waals surface area contributed by atoms with E-state index < -0.39 is 0 Å². The van der Waals surface area contributed by atoms with Crippen LogP contribution in [0.3, 0.4) is 0 Å². The third-order valence-corrected chi connectivity index (χ3v) is 2.84. The maximum absolute atomic E-state index is 11.3. The van der Waals surface area contributed by atoms with Crippen LogP contribution in [0.15, 0.2) is 47.4 Å². The molecule has 76 valence electrons. The summed E-state index contributed by atoms with van der Waals surface area (Å²) in [4.78, 5) is 14.1. The molecule has 0 radical (unpaired) electrons. The van der Waals surface area contributed by atoms with E-state index >= 15 is 0 Å². The number of benzene rings is 1. The molecule has 0 bridgehead atoms. The zero-order valence-corrected chi connectivity index (χ0v) is 9.62. The van der Waals surface area contributed by atoms with Gasteiger partial charge in [-0.1, -0.05) is 46.3 Å². The summed E-state index contributed by atoms with van der Waals surface area (Å²) in [6, 6.07) is 11.9. The number of halogens is 1. The van der Waals surface area contributed by atoms with E-state index in [9.17, 15) is 4.79 Å². The van der Waals surface area contributed by atoms with Gasteiger partial charge in [0.15, 0.2) is 0 Å². The van der Waals surface area contributed by atoms with E-state index in [4.69, 9.17) is 0 Å². The number of hydrogen-bond acceptors (Lipinski definition) is 1. The summed E-state index contributed by atoms with van der Waals surface area (Å²) >= 11 is 3.30. The lowest BCUT2D eigenvalue weighted by molar-refractivity contribution is 1.17. The fraction of sp³-hybridized carbons (Fsp3) is 0.0833. The van der Waals surface area contributed by atoms with E-state index in [0.717, 1.165) is 16.7 Å². The average Bonchev–Trinajstić information content (AvgIpc) is 2.31. The largest absolute Gasteiger partial charge is 0.328 e. The Balaban J connectivity index is 2.51.